The standard InChI is InChI=1S/C12H14ClNO3/c1-2-16-10-5-3-9(4-6-10)14-8-11(7-13)17-12(14)15/h3-6,11H,2,7-8H2,1H3. The van der Waals surface area contributed by atoms with E-state index in [4.69, 9.17) is 21.1 Å². The van der Waals surface area contributed by atoms with E-state index in [0.717, 1.165) is 11.4 Å². The Balaban J connectivity index is 2.09. The van der Waals surface area contributed by atoms with Gasteiger partial charge in [-0.2, -0.15) is 0 Å². The number of ether oxygens (including phenoxy) is 2. The average molecular weight is 256 g/mol. The second-order valence-corrected chi connectivity index (χ2v) is 4.01. The first kappa shape index (κ1) is 12.0. The van der Waals surface area contributed by atoms with E-state index in [0.29, 0.717) is 19.0 Å². The van der Waals surface area contributed by atoms with Crippen LogP contribution in [0.1, 0.15) is 6.92 Å². The van der Waals surface area contributed by atoms with Gasteiger partial charge < -0.3 is 9.47 Å². The fourth-order valence-electron chi connectivity index (χ4n) is 1.70. The summed E-state index contributed by atoms with van der Waals surface area (Å²) in [4.78, 5) is 13.1. The molecule has 0 bridgehead atoms. The Morgan fingerprint density at radius 3 is 2.71 bits per heavy atom. The molecule has 0 aromatic heterocycles. The van der Waals surface area contributed by atoms with E-state index < -0.39 is 0 Å². The van der Waals surface area contributed by atoms with E-state index >= 15 is 0 Å². The molecule has 1 fully saturated rings. The fourth-order valence-corrected chi connectivity index (χ4v) is 1.86. The number of carbonyl (C=O) groups is 1. The van der Waals surface area contributed by atoms with E-state index in [1.807, 2.05) is 31.2 Å². The highest BCUT2D eigenvalue weighted by atomic mass is 35.5. The predicted octanol–water partition coefficient (Wildman–Crippen LogP) is 2.65. The molecule has 0 N–H and O–H groups in total. The Kier molecular flexibility index (Phi) is 3.74. The number of hydrogen-bond acceptors (Lipinski definition) is 3. The summed E-state index contributed by atoms with van der Waals surface area (Å²) in [5.41, 5.74) is 0.797. The lowest BCUT2D eigenvalue weighted by molar-refractivity contribution is 0.151. The van der Waals surface area contributed by atoms with E-state index in [9.17, 15) is 4.79 Å². The van der Waals surface area contributed by atoms with Crippen LogP contribution in [-0.4, -0.2) is 31.2 Å². The number of cyclic esters (lactones) is 1. The molecule has 0 saturated carbocycles. The van der Waals surface area contributed by atoms with Crippen LogP contribution in [0.4, 0.5) is 10.5 Å². The molecule has 1 aromatic rings. The quantitative estimate of drug-likeness (QED) is 0.777. The van der Waals surface area contributed by atoms with Crippen molar-refractivity contribution in [2.45, 2.75) is 13.0 Å². The van der Waals surface area contributed by atoms with E-state index in [1.54, 1.807) is 4.90 Å². The van der Waals surface area contributed by atoms with Gasteiger partial charge in [0.05, 0.1) is 19.0 Å². The summed E-state index contributed by atoms with van der Waals surface area (Å²) in [5, 5.41) is 0. The molecule has 1 atom stereocenters. The van der Waals surface area contributed by atoms with Crippen LogP contribution in [0.25, 0.3) is 0 Å². The van der Waals surface area contributed by atoms with Crippen molar-refractivity contribution in [2.75, 3.05) is 23.9 Å². The Morgan fingerprint density at radius 1 is 1.47 bits per heavy atom. The van der Waals surface area contributed by atoms with Gasteiger partial charge in [0.15, 0.2) is 0 Å². The van der Waals surface area contributed by atoms with Crippen LogP contribution in [0.5, 0.6) is 5.75 Å². The van der Waals surface area contributed by atoms with Gasteiger partial charge in [0.25, 0.3) is 0 Å². The highest BCUT2D eigenvalue weighted by Crippen LogP contribution is 2.24. The number of hydrogen-bond donors (Lipinski definition) is 0. The van der Waals surface area contributed by atoms with Gasteiger partial charge in [0.1, 0.15) is 11.9 Å². The van der Waals surface area contributed by atoms with Gasteiger partial charge in [-0.3, -0.25) is 4.90 Å². The second-order valence-electron chi connectivity index (χ2n) is 3.70. The van der Waals surface area contributed by atoms with Crippen LogP contribution in [0.2, 0.25) is 0 Å². The lowest BCUT2D eigenvalue weighted by Gasteiger charge is -2.13. The molecular formula is C12H14ClNO3. The van der Waals surface area contributed by atoms with Gasteiger partial charge in [0.2, 0.25) is 0 Å². The molecule has 2 rings (SSSR count). The third kappa shape index (κ3) is 2.64. The smallest absolute Gasteiger partial charge is 0.414 e. The monoisotopic (exact) mass is 255 g/mol. The van der Waals surface area contributed by atoms with Crippen molar-refractivity contribution >= 4 is 23.4 Å². The zero-order valence-corrected chi connectivity index (χ0v) is 10.3. The molecule has 0 radical (unpaired) electrons. The molecule has 92 valence electrons. The van der Waals surface area contributed by atoms with Crippen LogP contribution in [-0.2, 0) is 4.74 Å². The lowest BCUT2D eigenvalue weighted by Crippen LogP contribution is -2.24. The first-order valence-electron chi connectivity index (χ1n) is 5.51. The number of benzene rings is 1. The highest BCUT2D eigenvalue weighted by Gasteiger charge is 2.31. The summed E-state index contributed by atoms with van der Waals surface area (Å²) in [6.45, 7) is 3.05. The molecule has 1 amide bonds. The number of anilines is 1. The SMILES string of the molecule is CCOc1ccc(N2CC(CCl)OC2=O)cc1. The summed E-state index contributed by atoms with van der Waals surface area (Å²) in [6.07, 6.45) is -0.574. The zero-order valence-electron chi connectivity index (χ0n) is 9.56. The Labute approximate surface area is 105 Å². The highest BCUT2D eigenvalue weighted by molar-refractivity contribution is 6.18. The van der Waals surface area contributed by atoms with Crippen LogP contribution in [0.15, 0.2) is 24.3 Å². The summed E-state index contributed by atoms with van der Waals surface area (Å²) >= 11 is 5.67. The van der Waals surface area contributed by atoms with E-state index in [1.165, 1.54) is 0 Å². The maximum atomic E-state index is 11.6. The molecular weight excluding hydrogens is 242 g/mol. The van der Waals surface area contributed by atoms with Crippen molar-refractivity contribution in [1.29, 1.82) is 0 Å². The number of halogens is 1. The normalized spacial score (nSPS) is 19.3. The van der Waals surface area contributed by atoms with E-state index in [2.05, 4.69) is 0 Å². The molecule has 1 heterocycles. The van der Waals surface area contributed by atoms with Gasteiger partial charge in [-0.05, 0) is 31.2 Å². The van der Waals surface area contributed by atoms with Crippen LogP contribution in [0, 0.1) is 0 Å². The maximum Gasteiger partial charge on any atom is 0.414 e. The molecule has 1 unspecified atom stereocenters. The Morgan fingerprint density at radius 2 is 2.18 bits per heavy atom. The third-order valence-corrected chi connectivity index (χ3v) is 2.85. The van der Waals surface area contributed by atoms with Gasteiger partial charge in [-0.1, -0.05) is 0 Å². The molecule has 1 aliphatic rings. The Bertz CT molecular complexity index is 393. The van der Waals surface area contributed by atoms with Crippen molar-refractivity contribution in [3.8, 4) is 5.75 Å². The number of nitrogens with zero attached hydrogens (tertiary/aromatic N) is 1. The van der Waals surface area contributed by atoms with Crippen molar-refractivity contribution in [1.82, 2.24) is 0 Å². The van der Waals surface area contributed by atoms with E-state index in [-0.39, 0.29) is 12.2 Å². The third-order valence-electron chi connectivity index (χ3n) is 2.51. The molecule has 5 heteroatoms. The summed E-state index contributed by atoms with van der Waals surface area (Å²) in [5.74, 6) is 1.11. The molecule has 1 aliphatic heterocycles. The molecule has 0 spiro atoms. The van der Waals surface area contributed by atoms with Crippen LogP contribution in [0.3, 0.4) is 0 Å². The lowest BCUT2D eigenvalue weighted by atomic mass is 10.2. The molecule has 1 saturated heterocycles. The van der Waals surface area contributed by atoms with Gasteiger partial charge in [-0.15, -0.1) is 11.6 Å². The van der Waals surface area contributed by atoms with Crippen LogP contribution < -0.4 is 9.64 Å². The minimum absolute atomic E-state index is 0.226. The summed E-state index contributed by atoms with van der Waals surface area (Å²) < 4.78 is 10.4. The number of rotatable bonds is 4. The van der Waals surface area contributed by atoms with Gasteiger partial charge in [-0.25, -0.2) is 4.79 Å². The van der Waals surface area contributed by atoms with Crippen molar-refractivity contribution in [3.63, 3.8) is 0 Å². The van der Waals surface area contributed by atoms with Gasteiger partial charge >= 0.3 is 6.09 Å². The van der Waals surface area contributed by atoms with Crippen molar-refractivity contribution < 1.29 is 14.3 Å². The van der Waals surface area contributed by atoms with Gasteiger partial charge in [0, 0.05) is 5.69 Å². The van der Waals surface area contributed by atoms with Crippen molar-refractivity contribution in [2.24, 2.45) is 0 Å². The number of carbonyl (C=O) groups excluding carboxylic acids is 1. The largest absolute Gasteiger partial charge is 0.494 e. The molecule has 1 aromatic carbocycles. The second kappa shape index (κ2) is 5.27. The minimum Gasteiger partial charge on any atom is -0.494 e. The first-order valence-corrected chi connectivity index (χ1v) is 6.05. The zero-order chi connectivity index (χ0) is 12.3. The summed E-state index contributed by atoms with van der Waals surface area (Å²) in [6, 6.07) is 7.34. The molecule has 17 heavy (non-hydrogen) atoms. The first-order chi connectivity index (χ1) is 8.24. The number of alkyl halides is 1. The van der Waals surface area contributed by atoms with Crippen LogP contribution >= 0.6 is 11.6 Å². The molecule has 4 nitrogen and oxygen atoms in total. The maximum absolute atomic E-state index is 11.6. The fraction of sp³-hybridized carbons (Fsp3) is 0.417. The summed E-state index contributed by atoms with van der Waals surface area (Å²) in [7, 11) is 0. The average Bonchev–Trinajstić information content (AvgIpc) is 2.72. The topological polar surface area (TPSA) is 38.8 Å². The predicted molar refractivity (Wildman–Crippen MR) is 65.9 cm³/mol. The van der Waals surface area contributed by atoms with Crippen molar-refractivity contribution in [3.05, 3.63) is 24.3 Å². The minimum atomic E-state index is -0.347. The Hall–Kier alpha value is -1.42. The number of amides is 1. The molecule has 0 aliphatic carbocycles.